The Morgan fingerprint density at radius 1 is 1.08 bits per heavy atom. The Kier molecular flexibility index (Phi) is 7.23. The number of carboxylic acid groups (broad SMARTS) is 1. The van der Waals surface area contributed by atoms with E-state index < -0.39 is 5.97 Å². The molecular weight excluding hydrogens is 316 g/mol. The molecule has 0 spiro atoms. The van der Waals surface area contributed by atoms with E-state index in [1.165, 1.54) is 0 Å². The van der Waals surface area contributed by atoms with Crippen LogP contribution in [0.1, 0.15) is 36.0 Å². The predicted molar refractivity (Wildman–Crippen MR) is 97.8 cm³/mol. The number of hydrogen-bond acceptors (Lipinski definition) is 3. The molecule has 2 aromatic rings. The molecule has 4 heteroatoms. The van der Waals surface area contributed by atoms with Crippen LogP contribution in [0.3, 0.4) is 0 Å². The highest BCUT2D eigenvalue weighted by Gasteiger charge is 2.12. The molecule has 0 saturated carbocycles. The summed E-state index contributed by atoms with van der Waals surface area (Å²) in [5, 5.41) is 17.9. The number of aliphatic hydroxyl groups is 1. The van der Waals surface area contributed by atoms with Gasteiger partial charge in [-0.2, -0.15) is 0 Å². The minimum atomic E-state index is -0.812. The van der Waals surface area contributed by atoms with Crippen molar-refractivity contribution in [2.75, 3.05) is 6.61 Å². The summed E-state index contributed by atoms with van der Waals surface area (Å²) in [7, 11) is 0. The van der Waals surface area contributed by atoms with E-state index >= 15 is 0 Å². The molecule has 2 aromatic carbocycles. The highest BCUT2D eigenvalue weighted by atomic mass is 16.5. The van der Waals surface area contributed by atoms with Gasteiger partial charge in [-0.3, -0.25) is 4.79 Å². The van der Waals surface area contributed by atoms with E-state index in [-0.39, 0.29) is 18.9 Å². The fraction of sp³-hybridized carbons (Fsp3) is 0.286. The molecule has 0 aliphatic rings. The van der Waals surface area contributed by atoms with E-state index in [4.69, 9.17) is 14.9 Å². The number of carbonyl (C=O) groups is 1. The molecule has 2 rings (SSSR count). The molecule has 0 amide bonds. The molecule has 0 aliphatic heterocycles. The van der Waals surface area contributed by atoms with Crippen molar-refractivity contribution in [3.63, 3.8) is 0 Å². The second kappa shape index (κ2) is 9.64. The SMILES string of the molecule is CC=CC(CC(=O)O)c1ccc(OCc2ccc(CCO)cc2)cc1. The van der Waals surface area contributed by atoms with E-state index in [9.17, 15) is 4.79 Å². The van der Waals surface area contributed by atoms with Gasteiger partial charge in [0.05, 0.1) is 6.42 Å². The number of rotatable bonds is 9. The van der Waals surface area contributed by atoms with Gasteiger partial charge in [0, 0.05) is 12.5 Å². The third kappa shape index (κ3) is 6.08. The van der Waals surface area contributed by atoms with Crippen LogP contribution < -0.4 is 4.74 Å². The molecule has 0 aliphatic carbocycles. The van der Waals surface area contributed by atoms with Crippen molar-refractivity contribution in [2.24, 2.45) is 0 Å². The minimum Gasteiger partial charge on any atom is -0.489 e. The number of hydrogen-bond donors (Lipinski definition) is 2. The van der Waals surface area contributed by atoms with Gasteiger partial charge in [-0.25, -0.2) is 0 Å². The first kappa shape index (κ1) is 18.7. The standard InChI is InChI=1S/C21H24O4/c1-2-3-19(14-21(23)24)18-8-10-20(11-9-18)25-15-17-6-4-16(5-7-17)12-13-22/h2-11,19,22H,12-15H2,1H3,(H,23,24). The molecular formula is C21H24O4. The van der Waals surface area contributed by atoms with Crippen LogP contribution >= 0.6 is 0 Å². The Bertz CT molecular complexity index is 687. The van der Waals surface area contributed by atoms with Crippen LogP contribution in [0.15, 0.2) is 60.7 Å². The van der Waals surface area contributed by atoms with Crippen molar-refractivity contribution in [3.8, 4) is 5.75 Å². The Labute approximate surface area is 148 Å². The number of allylic oxidation sites excluding steroid dienone is 2. The number of aliphatic hydroxyl groups excluding tert-OH is 1. The van der Waals surface area contributed by atoms with Crippen molar-refractivity contribution in [3.05, 3.63) is 77.4 Å². The van der Waals surface area contributed by atoms with Crippen molar-refractivity contribution in [1.82, 2.24) is 0 Å². The van der Waals surface area contributed by atoms with Crippen LogP contribution in [0.2, 0.25) is 0 Å². The van der Waals surface area contributed by atoms with Gasteiger partial charge in [-0.15, -0.1) is 0 Å². The summed E-state index contributed by atoms with van der Waals surface area (Å²) in [4.78, 5) is 11.0. The van der Waals surface area contributed by atoms with Gasteiger partial charge in [0.15, 0.2) is 0 Å². The maximum Gasteiger partial charge on any atom is 0.304 e. The number of ether oxygens (including phenoxy) is 1. The minimum absolute atomic E-state index is 0.0741. The number of benzene rings is 2. The summed E-state index contributed by atoms with van der Waals surface area (Å²) in [6.07, 6.45) is 4.51. The van der Waals surface area contributed by atoms with Crippen LogP contribution in [0.5, 0.6) is 5.75 Å². The van der Waals surface area contributed by atoms with Gasteiger partial charge in [-0.1, -0.05) is 48.6 Å². The van der Waals surface area contributed by atoms with Crippen LogP contribution in [0.4, 0.5) is 0 Å². The third-order valence-corrected chi connectivity index (χ3v) is 3.96. The number of carboxylic acids is 1. The zero-order chi connectivity index (χ0) is 18.1. The van der Waals surface area contributed by atoms with E-state index in [0.29, 0.717) is 13.0 Å². The van der Waals surface area contributed by atoms with Gasteiger partial charge >= 0.3 is 5.97 Å². The van der Waals surface area contributed by atoms with Crippen molar-refractivity contribution in [1.29, 1.82) is 0 Å². The smallest absolute Gasteiger partial charge is 0.304 e. The summed E-state index contributed by atoms with van der Waals surface area (Å²) in [6, 6.07) is 15.5. The van der Waals surface area contributed by atoms with Gasteiger partial charge in [0.25, 0.3) is 0 Å². The Morgan fingerprint density at radius 2 is 1.72 bits per heavy atom. The molecule has 0 heterocycles. The molecule has 0 radical (unpaired) electrons. The summed E-state index contributed by atoms with van der Waals surface area (Å²) in [5.74, 6) is -0.193. The van der Waals surface area contributed by atoms with Crippen LogP contribution in [0.25, 0.3) is 0 Å². The molecule has 1 unspecified atom stereocenters. The molecule has 1 atom stereocenters. The summed E-state index contributed by atoms with van der Waals surface area (Å²) in [5.41, 5.74) is 3.12. The lowest BCUT2D eigenvalue weighted by Crippen LogP contribution is -2.04. The molecule has 0 saturated heterocycles. The Hall–Kier alpha value is -2.59. The highest BCUT2D eigenvalue weighted by Crippen LogP contribution is 2.24. The Balaban J connectivity index is 1.96. The Morgan fingerprint density at radius 3 is 2.28 bits per heavy atom. The zero-order valence-electron chi connectivity index (χ0n) is 14.4. The average molecular weight is 340 g/mol. The number of aliphatic carboxylic acids is 1. The largest absolute Gasteiger partial charge is 0.489 e. The first-order chi connectivity index (χ1) is 12.1. The normalized spacial score (nSPS) is 12.2. The summed E-state index contributed by atoms with van der Waals surface area (Å²) >= 11 is 0. The molecule has 2 N–H and O–H groups in total. The second-order valence-electron chi connectivity index (χ2n) is 5.88. The second-order valence-corrected chi connectivity index (χ2v) is 5.88. The molecule has 25 heavy (non-hydrogen) atoms. The van der Waals surface area contributed by atoms with Gasteiger partial charge < -0.3 is 14.9 Å². The van der Waals surface area contributed by atoms with Gasteiger partial charge in [-0.05, 0) is 42.2 Å². The maximum atomic E-state index is 11.0. The highest BCUT2D eigenvalue weighted by molar-refractivity contribution is 5.68. The lowest BCUT2D eigenvalue weighted by molar-refractivity contribution is -0.137. The first-order valence-corrected chi connectivity index (χ1v) is 8.38. The van der Waals surface area contributed by atoms with Gasteiger partial charge in [0.2, 0.25) is 0 Å². The van der Waals surface area contributed by atoms with E-state index in [0.717, 1.165) is 22.4 Å². The third-order valence-electron chi connectivity index (χ3n) is 3.96. The summed E-state index contributed by atoms with van der Waals surface area (Å²) in [6.45, 7) is 2.50. The van der Waals surface area contributed by atoms with E-state index in [1.807, 2.05) is 67.6 Å². The lowest BCUT2D eigenvalue weighted by Gasteiger charge is -2.12. The van der Waals surface area contributed by atoms with E-state index in [1.54, 1.807) is 0 Å². The topological polar surface area (TPSA) is 66.8 Å². The van der Waals surface area contributed by atoms with Crippen LogP contribution in [0, 0.1) is 0 Å². The summed E-state index contributed by atoms with van der Waals surface area (Å²) < 4.78 is 5.78. The van der Waals surface area contributed by atoms with Crippen LogP contribution in [-0.2, 0) is 17.8 Å². The van der Waals surface area contributed by atoms with Crippen molar-refractivity contribution < 1.29 is 19.7 Å². The molecule has 0 aromatic heterocycles. The van der Waals surface area contributed by atoms with Gasteiger partial charge in [0.1, 0.15) is 12.4 Å². The molecule has 0 bridgehead atoms. The quantitative estimate of drug-likeness (QED) is 0.679. The molecule has 132 valence electrons. The molecule has 4 nitrogen and oxygen atoms in total. The maximum absolute atomic E-state index is 11.0. The van der Waals surface area contributed by atoms with E-state index in [2.05, 4.69) is 0 Å². The fourth-order valence-electron chi connectivity index (χ4n) is 2.63. The molecule has 0 fully saturated rings. The first-order valence-electron chi connectivity index (χ1n) is 8.38. The lowest BCUT2D eigenvalue weighted by atomic mass is 9.95. The fourth-order valence-corrected chi connectivity index (χ4v) is 2.63. The zero-order valence-corrected chi connectivity index (χ0v) is 14.4. The van der Waals surface area contributed by atoms with Crippen molar-refractivity contribution in [2.45, 2.75) is 32.3 Å². The van der Waals surface area contributed by atoms with Crippen molar-refractivity contribution >= 4 is 5.97 Å². The predicted octanol–water partition coefficient (Wildman–Crippen LogP) is 3.93. The van der Waals surface area contributed by atoms with Crippen LogP contribution in [-0.4, -0.2) is 22.8 Å². The monoisotopic (exact) mass is 340 g/mol. The average Bonchev–Trinajstić information content (AvgIpc) is 2.61.